The topological polar surface area (TPSA) is 123 Å². The minimum Gasteiger partial charge on any atom is -0.507 e. The van der Waals surface area contributed by atoms with Gasteiger partial charge in [0.25, 0.3) is 11.7 Å². The number of β-amino-alcohol motifs (C(OH)–C–C–N with tert-alkyl or cyclic N) is 1. The lowest BCUT2D eigenvalue weighted by Gasteiger charge is -2.24. The summed E-state index contributed by atoms with van der Waals surface area (Å²) >= 11 is 0. The van der Waals surface area contributed by atoms with E-state index in [2.05, 4.69) is 0 Å². The number of carbonyl (C=O) groups is 3. The van der Waals surface area contributed by atoms with Crippen LogP contribution in [0.5, 0.6) is 11.5 Å². The van der Waals surface area contributed by atoms with Crippen LogP contribution >= 0.6 is 0 Å². The van der Waals surface area contributed by atoms with Gasteiger partial charge in [-0.2, -0.15) is 0 Å². The van der Waals surface area contributed by atoms with Crippen LogP contribution in [-0.2, 0) is 14.3 Å². The Kier molecular flexibility index (Phi) is 6.79. The van der Waals surface area contributed by atoms with Gasteiger partial charge < -0.3 is 29.3 Å². The Bertz CT molecular complexity index is 1070. The molecule has 9 heteroatoms. The predicted molar refractivity (Wildman–Crippen MR) is 113 cm³/mol. The van der Waals surface area contributed by atoms with Gasteiger partial charge in [0.15, 0.2) is 11.5 Å². The SMILES string of the molecule is COC(=O)c1ccc(C2/C(=C(\O)c3ccc(OC)c(OC)c3)C(=O)C(=O)N2CCO)cc1. The van der Waals surface area contributed by atoms with Crippen molar-refractivity contribution in [3.8, 4) is 11.5 Å². The number of carbonyl (C=O) groups excluding carboxylic acids is 3. The third-order valence-corrected chi connectivity index (χ3v) is 5.19. The van der Waals surface area contributed by atoms with Crippen molar-refractivity contribution in [2.45, 2.75) is 6.04 Å². The molecule has 3 rings (SSSR count). The van der Waals surface area contributed by atoms with Crippen molar-refractivity contribution in [2.75, 3.05) is 34.5 Å². The number of aliphatic hydroxyl groups is 2. The number of amides is 1. The van der Waals surface area contributed by atoms with Crippen LogP contribution in [-0.4, -0.2) is 67.3 Å². The summed E-state index contributed by atoms with van der Waals surface area (Å²) in [5, 5.41) is 20.5. The van der Waals surface area contributed by atoms with Gasteiger partial charge in [-0.25, -0.2) is 4.79 Å². The molecule has 1 amide bonds. The Balaban J connectivity index is 2.16. The highest BCUT2D eigenvalue weighted by Crippen LogP contribution is 2.40. The van der Waals surface area contributed by atoms with Gasteiger partial charge in [0.2, 0.25) is 0 Å². The van der Waals surface area contributed by atoms with Crippen molar-refractivity contribution in [1.29, 1.82) is 0 Å². The van der Waals surface area contributed by atoms with Crippen molar-refractivity contribution in [1.82, 2.24) is 4.90 Å². The second kappa shape index (κ2) is 9.52. The maximum atomic E-state index is 12.9. The highest BCUT2D eigenvalue weighted by atomic mass is 16.5. The number of ether oxygens (including phenoxy) is 3. The molecular formula is C23H23NO8. The van der Waals surface area contributed by atoms with E-state index in [1.807, 2.05) is 0 Å². The van der Waals surface area contributed by atoms with Crippen LogP contribution in [0.1, 0.15) is 27.5 Å². The summed E-state index contributed by atoms with van der Waals surface area (Å²) < 4.78 is 15.1. The molecule has 1 heterocycles. The second-order valence-electron chi connectivity index (χ2n) is 6.90. The van der Waals surface area contributed by atoms with Crippen molar-refractivity contribution in [3.05, 3.63) is 64.7 Å². The van der Waals surface area contributed by atoms with Gasteiger partial charge in [-0.1, -0.05) is 12.1 Å². The van der Waals surface area contributed by atoms with Crippen LogP contribution in [0.15, 0.2) is 48.0 Å². The molecule has 1 atom stereocenters. The first kappa shape index (κ1) is 22.8. The number of rotatable bonds is 7. The van der Waals surface area contributed by atoms with E-state index in [1.54, 1.807) is 18.2 Å². The molecule has 0 saturated carbocycles. The second-order valence-corrected chi connectivity index (χ2v) is 6.90. The molecule has 0 aliphatic carbocycles. The molecule has 1 saturated heterocycles. The van der Waals surface area contributed by atoms with Crippen LogP contribution < -0.4 is 9.47 Å². The number of methoxy groups -OCH3 is 3. The van der Waals surface area contributed by atoms with E-state index >= 15 is 0 Å². The Labute approximate surface area is 184 Å². The summed E-state index contributed by atoms with van der Waals surface area (Å²) in [5.74, 6) is -1.89. The highest BCUT2D eigenvalue weighted by Gasteiger charge is 2.45. The first-order chi connectivity index (χ1) is 15.4. The number of hydrogen-bond acceptors (Lipinski definition) is 8. The van der Waals surface area contributed by atoms with Crippen LogP contribution in [0.2, 0.25) is 0 Å². The number of ketones is 1. The first-order valence-corrected chi connectivity index (χ1v) is 9.67. The zero-order valence-corrected chi connectivity index (χ0v) is 17.8. The Morgan fingerprint density at radius 2 is 1.59 bits per heavy atom. The molecular weight excluding hydrogens is 418 g/mol. The molecule has 0 bridgehead atoms. The molecule has 168 valence electrons. The molecule has 1 aliphatic rings. The predicted octanol–water partition coefficient (Wildman–Crippen LogP) is 1.90. The fourth-order valence-electron chi connectivity index (χ4n) is 3.62. The van der Waals surface area contributed by atoms with E-state index in [-0.39, 0.29) is 29.9 Å². The van der Waals surface area contributed by atoms with Gasteiger partial charge in [-0.15, -0.1) is 0 Å². The molecule has 2 aromatic rings. The quantitative estimate of drug-likeness (QED) is 0.289. The zero-order chi connectivity index (χ0) is 23.4. The summed E-state index contributed by atoms with van der Waals surface area (Å²) in [6, 6.07) is 9.76. The van der Waals surface area contributed by atoms with E-state index in [0.29, 0.717) is 17.1 Å². The Hall–Kier alpha value is -3.85. The number of benzene rings is 2. The minimum absolute atomic E-state index is 0.114. The summed E-state index contributed by atoms with van der Waals surface area (Å²) in [7, 11) is 4.16. The standard InChI is InChI=1S/C23H23NO8/c1-30-16-9-8-15(12-17(16)31-2)20(26)18-19(24(10-11-25)22(28)21(18)27)13-4-6-14(7-5-13)23(29)32-3/h4-9,12,19,25-26H,10-11H2,1-3H3/b20-18+. The summed E-state index contributed by atoms with van der Waals surface area (Å²) in [6.45, 7) is -0.489. The minimum atomic E-state index is -0.957. The van der Waals surface area contributed by atoms with E-state index < -0.39 is 29.5 Å². The van der Waals surface area contributed by atoms with Crippen molar-refractivity contribution >= 4 is 23.4 Å². The van der Waals surface area contributed by atoms with Crippen molar-refractivity contribution in [2.24, 2.45) is 0 Å². The summed E-state index contributed by atoms with van der Waals surface area (Å²) in [5.41, 5.74) is 0.880. The molecule has 2 N–H and O–H groups in total. The first-order valence-electron chi connectivity index (χ1n) is 9.67. The molecule has 0 spiro atoms. The van der Waals surface area contributed by atoms with Crippen LogP contribution in [0.4, 0.5) is 0 Å². The molecule has 2 aromatic carbocycles. The summed E-state index contributed by atoms with van der Waals surface area (Å²) in [6.07, 6.45) is 0. The lowest BCUT2D eigenvalue weighted by Crippen LogP contribution is -2.32. The maximum absolute atomic E-state index is 12.9. The van der Waals surface area contributed by atoms with Crippen LogP contribution in [0, 0.1) is 0 Å². The Morgan fingerprint density at radius 1 is 0.969 bits per heavy atom. The normalized spacial score (nSPS) is 17.4. The van der Waals surface area contributed by atoms with E-state index in [9.17, 15) is 24.6 Å². The molecule has 0 aromatic heterocycles. The summed E-state index contributed by atoms with van der Waals surface area (Å²) in [4.78, 5) is 38.5. The van der Waals surface area contributed by atoms with Crippen molar-refractivity contribution < 1.29 is 38.8 Å². The van der Waals surface area contributed by atoms with Gasteiger partial charge in [0.05, 0.1) is 45.1 Å². The third kappa shape index (κ3) is 4.02. The number of esters is 1. The largest absolute Gasteiger partial charge is 0.507 e. The molecule has 32 heavy (non-hydrogen) atoms. The smallest absolute Gasteiger partial charge is 0.337 e. The lowest BCUT2D eigenvalue weighted by molar-refractivity contribution is -0.140. The monoisotopic (exact) mass is 441 g/mol. The molecule has 1 unspecified atom stereocenters. The third-order valence-electron chi connectivity index (χ3n) is 5.19. The van der Waals surface area contributed by atoms with Crippen LogP contribution in [0.3, 0.4) is 0 Å². The number of hydrogen-bond donors (Lipinski definition) is 2. The highest BCUT2D eigenvalue weighted by molar-refractivity contribution is 6.46. The lowest BCUT2D eigenvalue weighted by atomic mass is 9.94. The molecule has 1 aliphatic heterocycles. The van der Waals surface area contributed by atoms with E-state index in [4.69, 9.17) is 14.2 Å². The van der Waals surface area contributed by atoms with E-state index in [0.717, 1.165) is 0 Å². The molecule has 9 nitrogen and oxygen atoms in total. The average molecular weight is 441 g/mol. The average Bonchev–Trinajstić information content (AvgIpc) is 3.07. The van der Waals surface area contributed by atoms with Crippen molar-refractivity contribution in [3.63, 3.8) is 0 Å². The number of likely N-dealkylation sites (tertiary alicyclic amines) is 1. The van der Waals surface area contributed by atoms with Crippen LogP contribution in [0.25, 0.3) is 5.76 Å². The number of nitrogens with zero attached hydrogens (tertiary/aromatic N) is 1. The van der Waals surface area contributed by atoms with Gasteiger partial charge in [-0.05, 0) is 35.9 Å². The molecule has 0 radical (unpaired) electrons. The maximum Gasteiger partial charge on any atom is 0.337 e. The Morgan fingerprint density at radius 3 is 2.16 bits per heavy atom. The van der Waals surface area contributed by atoms with Gasteiger partial charge >= 0.3 is 5.97 Å². The number of aliphatic hydroxyl groups excluding tert-OH is 2. The van der Waals surface area contributed by atoms with Gasteiger partial charge in [-0.3, -0.25) is 9.59 Å². The van der Waals surface area contributed by atoms with Gasteiger partial charge in [0, 0.05) is 12.1 Å². The molecule has 1 fully saturated rings. The fourth-order valence-corrected chi connectivity index (χ4v) is 3.62. The van der Waals surface area contributed by atoms with E-state index in [1.165, 1.54) is 50.5 Å². The van der Waals surface area contributed by atoms with Gasteiger partial charge in [0.1, 0.15) is 5.76 Å². The zero-order valence-electron chi connectivity index (χ0n) is 17.8. The number of Topliss-reactive ketones (excluding diaryl/α,β-unsaturated/α-hetero) is 1. The fraction of sp³-hybridized carbons (Fsp3) is 0.261.